The highest BCUT2D eigenvalue weighted by atomic mass is 32.2. The molecule has 176 valence electrons. The Hall–Kier alpha value is -4.05. The summed E-state index contributed by atoms with van der Waals surface area (Å²) >= 11 is 0. The molecule has 0 aliphatic carbocycles. The highest BCUT2D eigenvalue weighted by Gasteiger charge is 2.22. The van der Waals surface area contributed by atoms with E-state index < -0.39 is 21.8 Å². The number of fused-ring (bicyclic) bond motifs is 1. The van der Waals surface area contributed by atoms with Crippen molar-refractivity contribution >= 4 is 27.5 Å². The molecule has 0 saturated carbocycles. The number of anilines is 1. The summed E-state index contributed by atoms with van der Waals surface area (Å²) in [5, 5.41) is 0. The van der Waals surface area contributed by atoms with Crippen LogP contribution < -0.4 is 25.0 Å². The normalized spacial score (nSPS) is 12.5. The largest absolute Gasteiger partial charge is 0.486 e. The van der Waals surface area contributed by atoms with Crippen LogP contribution in [0, 0.1) is 13.8 Å². The number of aryl methyl sites for hydroxylation is 2. The summed E-state index contributed by atoms with van der Waals surface area (Å²) in [6.45, 7) is 4.42. The van der Waals surface area contributed by atoms with Crippen LogP contribution in [0.3, 0.4) is 0 Å². The Balaban J connectivity index is 1.50. The number of carbonyl (C=O) groups is 2. The molecule has 0 atom stereocenters. The number of nitrogens with one attached hydrogen (secondary N) is 3. The van der Waals surface area contributed by atoms with Crippen LogP contribution in [0.1, 0.15) is 31.8 Å². The fourth-order valence-corrected chi connectivity index (χ4v) is 4.58. The molecule has 3 aromatic rings. The fraction of sp³-hybridized carbons (Fsp3) is 0.167. The lowest BCUT2D eigenvalue weighted by Crippen LogP contribution is -2.42. The third-order valence-electron chi connectivity index (χ3n) is 5.16. The second kappa shape index (κ2) is 9.44. The first kappa shape index (κ1) is 23.1. The van der Waals surface area contributed by atoms with Gasteiger partial charge in [0, 0.05) is 11.6 Å². The molecule has 1 aliphatic heterocycles. The Kier molecular flexibility index (Phi) is 6.42. The number of carbonyl (C=O) groups excluding carboxylic acids is 2. The van der Waals surface area contributed by atoms with Gasteiger partial charge in [0.2, 0.25) is 0 Å². The molecule has 1 heterocycles. The molecule has 10 heteroatoms. The smallest absolute Gasteiger partial charge is 0.271 e. The van der Waals surface area contributed by atoms with Gasteiger partial charge in [-0.2, -0.15) is 0 Å². The number of rotatable bonds is 5. The van der Waals surface area contributed by atoms with Gasteiger partial charge in [0.1, 0.15) is 13.2 Å². The summed E-state index contributed by atoms with van der Waals surface area (Å²) in [4.78, 5) is 25.2. The summed E-state index contributed by atoms with van der Waals surface area (Å²) in [5.41, 5.74) is 6.98. The fourth-order valence-electron chi connectivity index (χ4n) is 3.48. The van der Waals surface area contributed by atoms with Crippen LogP contribution in [0.15, 0.2) is 65.6 Å². The number of ether oxygens (including phenoxy) is 2. The van der Waals surface area contributed by atoms with Gasteiger partial charge in [0.15, 0.2) is 11.5 Å². The van der Waals surface area contributed by atoms with Crippen molar-refractivity contribution in [3.05, 3.63) is 82.9 Å². The summed E-state index contributed by atoms with van der Waals surface area (Å²) in [6, 6.07) is 15.7. The Labute approximate surface area is 197 Å². The van der Waals surface area contributed by atoms with Gasteiger partial charge in [-0.25, -0.2) is 8.42 Å². The van der Waals surface area contributed by atoms with E-state index in [2.05, 4.69) is 15.6 Å². The number of amides is 2. The molecule has 0 spiro atoms. The second-order valence-electron chi connectivity index (χ2n) is 7.68. The minimum atomic E-state index is -4.04. The molecule has 4 rings (SSSR count). The molecule has 0 radical (unpaired) electrons. The van der Waals surface area contributed by atoms with E-state index in [1.54, 1.807) is 31.2 Å². The molecule has 3 aromatic carbocycles. The Bertz CT molecular complexity index is 1370. The summed E-state index contributed by atoms with van der Waals surface area (Å²) in [7, 11) is -4.04. The monoisotopic (exact) mass is 481 g/mol. The Morgan fingerprint density at radius 2 is 1.47 bits per heavy atom. The SMILES string of the molecule is Cc1ccc(C(=O)NNC(=O)c2ccccc2NS(=O)(=O)c2ccc3c(c2)OCCO3)c(C)c1. The van der Waals surface area contributed by atoms with Crippen molar-refractivity contribution in [2.45, 2.75) is 18.7 Å². The predicted molar refractivity (Wildman–Crippen MR) is 126 cm³/mol. The number of hydrogen-bond acceptors (Lipinski definition) is 6. The Morgan fingerprint density at radius 3 is 2.21 bits per heavy atom. The van der Waals surface area contributed by atoms with Gasteiger partial charge in [0.25, 0.3) is 21.8 Å². The van der Waals surface area contributed by atoms with Crippen molar-refractivity contribution in [3.63, 3.8) is 0 Å². The topological polar surface area (TPSA) is 123 Å². The average Bonchev–Trinajstić information content (AvgIpc) is 2.82. The van der Waals surface area contributed by atoms with E-state index in [9.17, 15) is 18.0 Å². The van der Waals surface area contributed by atoms with Crippen molar-refractivity contribution in [2.24, 2.45) is 0 Å². The molecule has 34 heavy (non-hydrogen) atoms. The van der Waals surface area contributed by atoms with Gasteiger partial charge in [0.05, 0.1) is 16.1 Å². The molecule has 0 fully saturated rings. The van der Waals surface area contributed by atoms with Crippen molar-refractivity contribution in [1.29, 1.82) is 0 Å². The quantitative estimate of drug-likeness (QED) is 0.482. The first-order valence-electron chi connectivity index (χ1n) is 10.4. The number of sulfonamides is 1. The zero-order chi connectivity index (χ0) is 24.3. The molecular weight excluding hydrogens is 458 g/mol. The van der Waals surface area contributed by atoms with E-state index in [1.807, 2.05) is 13.0 Å². The third kappa shape index (κ3) is 4.96. The van der Waals surface area contributed by atoms with Crippen molar-refractivity contribution in [3.8, 4) is 11.5 Å². The minimum Gasteiger partial charge on any atom is -0.486 e. The maximum atomic E-state index is 13.0. The molecule has 2 amide bonds. The van der Waals surface area contributed by atoms with E-state index in [0.717, 1.165) is 11.1 Å². The standard InChI is InChI=1S/C24H23N3O6S/c1-15-7-9-18(16(2)13-15)23(28)25-26-24(29)19-5-3-4-6-20(19)27-34(30,31)17-8-10-21-22(14-17)33-12-11-32-21/h3-10,13-14,27H,11-12H2,1-2H3,(H,25,28)(H,26,29). The Morgan fingerprint density at radius 1 is 0.794 bits per heavy atom. The predicted octanol–water partition coefficient (Wildman–Crippen LogP) is 2.95. The van der Waals surface area contributed by atoms with E-state index in [0.29, 0.717) is 30.3 Å². The minimum absolute atomic E-state index is 0.0320. The second-order valence-corrected chi connectivity index (χ2v) is 9.37. The average molecular weight is 482 g/mol. The lowest BCUT2D eigenvalue weighted by atomic mass is 10.1. The molecule has 1 aliphatic rings. The van der Waals surface area contributed by atoms with Gasteiger partial charge in [-0.1, -0.05) is 29.8 Å². The summed E-state index contributed by atoms with van der Waals surface area (Å²) in [6.07, 6.45) is 0. The van der Waals surface area contributed by atoms with Gasteiger partial charge < -0.3 is 9.47 Å². The number of hydrogen-bond donors (Lipinski definition) is 3. The van der Waals surface area contributed by atoms with Gasteiger partial charge in [-0.05, 0) is 49.7 Å². The van der Waals surface area contributed by atoms with E-state index >= 15 is 0 Å². The first-order valence-corrected chi connectivity index (χ1v) is 11.9. The van der Waals surface area contributed by atoms with Crippen LogP contribution in [-0.4, -0.2) is 33.4 Å². The molecular formula is C24H23N3O6S. The summed E-state index contributed by atoms with van der Waals surface area (Å²) in [5.74, 6) is -0.377. The summed E-state index contributed by atoms with van der Waals surface area (Å²) < 4.78 is 39.2. The van der Waals surface area contributed by atoms with Gasteiger partial charge >= 0.3 is 0 Å². The third-order valence-corrected chi connectivity index (χ3v) is 6.52. The molecule has 3 N–H and O–H groups in total. The van der Waals surface area contributed by atoms with Crippen LogP contribution in [-0.2, 0) is 10.0 Å². The zero-order valence-electron chi connectivity index (χ0n) is 18.5. The number of hydrazine groups is 1. The molecule has 0 saturated heterocycles. The molecule has 9 nitrogen and oxygen atoms in total. The lowest BCUT2D eigenvalue weighted by Gasteiger charge is -2.19. The maximum Gasteiger partial charge on any atom is 0.271 e. The van der Waals surface area contributed by atoms with Crippen LogP contribution in [0.4, 0.5) is 5.69 Å². The van der Waals surface area contributed by atoms with Crippen molar-refractivity contribution in [1.82, 2.24) is 10.9 Å². The van der Waals surface area contributed by atoms with E-state index in [1.165, 1.54) is 30.3 Å². The van der Waals surface area contributed by atoms with Crippen molar-refractivity contribution < 1.29 is 27.5 Å². The highest BCUT2D eigenvalue weighted by Crippen LogP contribution is 2.33. The molecule has 0 bridgehead atoms. The van der Waals surface area contributed by atoms with Crippen LogP contribution in [0.2, 0.25) is 0 Å². The van der Waals surface area contributed by atoms with Gasteiger partial charge in [-0.3, -0.25) is 25.2 Å². The highest BCUT2D eigenvalue weighted by molar-refractivity contribution is 7.92. The molecule has 0 aromatic heterocycles. The van der Waals surface area contributed by atoms with Crippen LogP contribution >= 0.6 is 0 Å². The van der Waals surface area contributed by atoms with Crippen LogP contribution in [0.25, 0.3) is 0 Å². The van der Waals surface area contributed by atoms with Gasteiger partial charge in [-0.15, -0.1) is 0 Å². The number of para-hydroxylation sites is 1. The van der Waals surface area contributed by atoms with E-state index in [4.69, 9.17) is 9.47 Å². The first-order chi connectivity index (χ1) is 16.2. The molecule has 0 unspecified atom stereocenters. The number of benzene rings is 3. The lowest BCUT2D eigenvalue weighted by molar-refractivity contribution is 0.0846. The van der Waals surface area contributed by atoms with Crippen molar-refractivity contribution in [2.75, 3.05) is 17.9 Å². The zero-order valence-corrected chi connectivity index (χ0v) is 19.4. The maximum absolute atomic E-state index is 13.0. The van der Waals surface area contributed by atoms with Crippen LogP contribution in [0.5, 0.6) is 11.5 Å². The van der Waals surface area contributed by atoms with E-state index in [-0.39, 0.29) is 16.1 Å².